The summed E-state index contributed by atoms with van der Waals surface area (Å²) >= 11 is 2.62. The number of carbonyl (C=O) groups is 1. The Morgan fingerprint density at radius 1 is 1.06 bits per heavy atom. The molecule has 1 amide bonds. The van der Waals surface area contributed by atoms with Crippen molar-refractivity contribution in [1.82, 2.24) is 9.97 Å². The van der Waals surface area contributed by atoms with Gasteiger partial charge in [-0.1, -0.05) is 0 Å². The fourth-order valence-corrected chi connectivity index (χ4v) is 4.32. The van der Waals surface area contributed by atoms with Crippen molar-refractivity contribution in [3.8, 4) is 17.0 Å². The first-order valence-electron chi connectivity index (χ1n) is 9.65. The van der Waals surface area contributed by atoms with Gasteiger partial charge in [-0.3, -0.25) is 10.2 Å². The second-order valence-corrected chi connectivity index (χ2v) is 8.46. The first kappa shape index (κ1) is 20.9. The normalized spacial score (nSPS) is 14.6. The van der Waals surface area contributed by atoms with Crippen molar-refractivity contribution in [2.24, 2.45) is 10.2 Å². The molecule has 1 aliphatic heterocycles. The van der Waals surface area contributed by atoms with Crippen LogP contribution >= 0.6 is 22.7 Å². The summed E-state index contributed by atoms with van der Waals surface area (Å²) in [6.07, 6.45) is 1.64. The third kappa shape index (κ3) is 4.23. The predicted octanol–water partition coefficient (Wildman–Crippen LogP) is 4.63. The number of ether oxygens (including phenoxy) is 1. The monoisotopic (exact) mass is 478 g/mol. The SMILES string of the molecule is COc1ccc(C2=NN(c3nc(-c4ccc(F)cc4)cs3)C(=O)/C2=N\Nc2nccs2)cc1. The van der Waals surface area contributed by atoms with Gasteiger partial charge >= 0.3 is 5.91 Å². The van der Waals surface area contributed by atoms with Crippen molar-refractivity contribution < 1.29 is 13.9 Å². The number of benzene rings is 2. The standard InChI is InChI=1S/C22H15FN6O2S2/c1-31-16-8-4-14(5-9-16)18-19(26-27-21-24-10-11-32-21)20(30)29(28-18)22-25-17(12-33-22)13-2-6-15(23)7-3-13/h2-12H,1H3,(H,24,27)/b26-19-. The molecule has 0 saturated heterocycles. The molecule has 0 radical (unpaired) electrons. The molecule has 0 unspecified atom stereocenters. The van der Waals surface area contributed by atoms with E-state index in [2.05, 4.69) is 25.6 Å². The zero-order valence-corrected chi connectivity index (χ0v) is 18.7. The first-order chi connectivity index (χ1) is 16.1. The molecule has 2 aromatic carbocycles. The molecule has 11 heteroatoms. The van der Waals surface area contributed by atoms with Crippen LogP contribution in [0, 0.1) is 5.82 Å². The average molecular weight is 479 g/mol. The van der Waals surface area contributed by atoms with Gasteiger partial charge in [0.15, 0.2) is 5.71 Å². The summed E-state index contributed by atoms with van der Waals surface area (Å²) in [4.78, 5) is 21.9. The smallest absolute Gasteiger partial charge is 0.303 e. The number of hydrazone groups is 2. The van der Waals surface area contributed by atoms with Crippen LogP contribution in [0.1, 0.15) is 5.56 Å². The number of aromatic nitrogens is 2. The molecule has 0 spiro atoms. The minimum atomic E-state index is -0.426. The van der Waals surface area contributed by atoms with Crippen LogP contribution in [0.25, 0.3) is 11.3 Å². The molecule has 1 N–H and O–H groups in total. The number of thiazole rings is 2. The molecule has 0 bridgehead atoms. The molecule has 3 heterocycles. The maximum Gasteiger partial charge on any atom is 0.303 e. The number of anilines is 2. The second kappa shape index (κ2) is 8.88. The summed E-state index contributed by atoms with van der Waals surface area (Å²) in [6.45, 7) is 0. The molecule has 0 fully saturated rings. The highest BCUT2D eigenvalue weighted by Gasteiger charge is 2.36. The molecule has 8 nitrogen and oxygen atoms in total. The van der Waals surface area contributed by atoms with E-state index < -0.39 is 5.91 Å². The van der Waals surface area contributed by atoms with E-state index in [1.54, 1.807) is 60.5 Å². The lowest BCUT2D eigenvalue weighted by Crippen LogP contribution is -2.28. The molecular formula is C22H15FN6O2S2. The molecule has 0 atom stereocenters. The largest absolute Gasteiger partial charge is 0.497 e. The van der Waals surface area contributed by atoms with E-state index in [0.717, 1.165) is 5.56 Å². The van der Waals surface area contributed by atoms with Gasteiger partial charge in [-0.2, -0.15) is 15.2 Å². The number of amides is 1. The summed E-state index contributed by atoms with van der Waals surface area (Å²) in [5.41, 5.74) is 5.40. The van der Waals surface area contributed by atoms with Gasteiger partial charge in [0.1, 0.15) is 17.3 Å². The maximum atomic E-state index is 13.3. The number of hydrogen-bond donors (Lipinski definition) is 1. The predicted molar refractivity (Wildman–Crippen MR) is 128 cm³/mol. The van der Waals surface area contributed by atoms with Gasteiger partial charge in [0, 0.05) is 28.1 Å². The van der Waals surface area contributed by atoms with Crippen LogP contribution in [0.5, 0.6) is 5.75 Å². The first-order valence-corrected chi connectivity index (χ1v) is 11.4. The number of rotatable bonds is 6. The quantitative estimate of drug-likeness (QED) is 0.408. The van der Waals surface area contributed by atoms with Crippen molar-refractivity contribution in [2.45, 2.75) is 0 Å². The summed E-state index contributed by atoms with van der Waals surface area (Å²) in [5.74, 6) is -0.0695. The third-order valence-corrected chi connectivity index (χ3v) is 6.19. The van der Waals surface area contributed by atoms with Crippen LogP contribution < -0.4 is 15.2 Å². The zero-order valence-electron chi connectivity index (χ0n) is 17.1. The van der Waals surface area contributed by atoms with E-state index in [1.807, 2.05) is 0 Å². The fourth-order valence-electron chi connectivity index (χ4n) is 3.07. The Kier molecular flexibility index (Phi) is 5.63. The Morgan fingerprint density at radius 3 is 2.52 bits per heavy atom. The average Bonchev–Trinajstić information content (AvgIpc) is 3.59. The van der Waals surface area contributed by atoms with Gasteiger partial charge in [-0.05, 0) is 48.5 Å². The van der Waals surface area contributed by atoms with E-state index in [4.69, 9.17) is 4.74 Å². The number of hydrogen-bond acceptors (Lipinski definition) is 9. The van der Waals surface area contributed by atoms with Gasteiger partial charge < -0.3 is 4.74 Å². The summed E-state index contributed by atoms with van der Waals surface area (Å²) in [6, 6.07) is 13.2. The highest BCUT2D eigenvalue weighted by Crippen LogP contribution is 2.30. The van der Waals surface area contributed by atoms with Crippen LogP contribution in [-0.2, 0) is 4.79 Å². The van der Waals surface area contributed by atoms with Gasteiger partial charge in [0.2, 0.25) is 10.3 Å². The molecular weight excluding hydrogens is 463 g/mol. The Balaban J connectivity index is 1.50. The second-order valence-electron chi connectivity index (χ2n) is 6.73. The molecule has 5 rings (SSSR count). The molecule has 164 valence electrons. The lowest BCUT2D eigenvalue weighted by Gasteiger charge is -2.06. The lowest BCUT2D eigenvalue weighted by molar-refractivity contribution is -0.112. The van der Waals surface area contributed by atoms with Gasteiger partial charge in [0.25, 0.3) is 0 Å². The summed E-state index contributed by atoms with van der Waals surface area (Å²) in [5, 5.41) is 14.6. The highest BCUT2D eigenvalue weighted by atomic mass is 32.1. The van der Waals surface area contributed by atoms with Crippen LogP contribution in [0.2, 0.25) is 0 Å². The van der Waals surface area contributed by atoms with Crippen molar-refractivity contribution in [3.63, 3.8) is 0 Å². The van der Waals surface area contributed by atoms with Crippen molar-refractivity contribution in [2.75, 3.05) is 17.5 Å². The van der Waals surface area contributed by atoms with Crippen molar-refractivity contribution in [3.05, 3.63) is 76.9 Å². The van der Waals surface area contributed by atoms with Gasteiger partial charge in [0.05, 0.1) is 12.8 Å². The molecule has 4 aromatic rings. The minimum absolute atomic E-state index is 0.133. The number of nitrogens with zero attached hydrogens (tertiary/aromatic N) is 5. The molecule has 33 heavy (non-hydrogen) atoms. The van der Waals surface area contributed by atoms with Crippen molar-refractivity contribution >= 4 is 50.3 Å². The molecule has 2 aromatic heterocycles. The van der Waals surface area contributed by atoms with E-state index in [-0.39, 0.29) is 11.5 Å². The van der Waals surface area contributed by atoms with E-state index >= 15 is 0 Å². The Bertz CT molecular complexity index is 1350. The Labute approximate surface area is 195 Å². The van der Waals surface area contributed by atoms with E-state index in [0.29, 0.717) is 33.0 Å². The minimum Gasteiger partial charge on any atom is -0.497 e. The topological polar surface area (TPSA) is 92.1 Å². The van der Waals surface area contributed by atoms with Crippen LogP contribution in [0.15, 0.2) is 75.7 Å². The number of methoxy groups -OCH3 is 1. The number of nitrogens with one attached hydrogen (secondary N) is 1. The maximum absolute atomic E-state index is 13.3. The van der Waals surface area contributed by atoms with Crippen LogP contribution in [-0.4, -0.2) is 34.4 Å². The number of carbonyl (C=O) groups excluding carboxylic acids is 1. The van der Waals surface area contributed by atoms with E-state index in [1.165, 1.54) is 39.8 Å². The zero-order chi connectivity index (χ0) is 22.8. The summed E-state index contributed by atoms with van der Waals surface area (Å²) in [7, 11) is 1.58. The Hall–Kier alpha value is -3.96. The molecule has 0 saturated carbocycles. The molecule has 0 aliphatic carbocycles. The Morgan fingerprint density at radius 2 is 1.82 bits per heavy atom. The third-order valence-electron chi connectivity index (χ3n) is 4.69. The lowest BCUT2D eigenvalue weighted by atomic mass is 10.1. The number of halogens is 1. The van der Waals surface area contributed by atoms with Gasteiger partial charge in [-0.25, -0.2) is 14.4 Å². The molecule has 1 aliphatic rings. The van der Waals surface area contributed by atoms with Crippen molar-refractivity contribution in [1.29, 1.82) is 0 Å². The van der Waals surface area contributed by atoms with E-state index in [9.17, 15) is 9.18 Å². The highest BCUT2D eigenvalue weighted by molar-refractivity contribution is 7.14. The van der Waals surface area contributed by atoms with Crippen LogP contribution in [0.4, 0.5) is 14.7 Å². The fraction of sp³-hybridized carbons (Fsp3) is 0.0455. The van der Waals surface area contributed by atoms with Crippen LogP contribution in [0.3, 0.4) is 0 Å². The summed E-state index contributed by atoms with van der Waals surface area (Å²) < 4.78 is 18.5. The van der Waals surface area contributed by atoms with Gasteiger partial charge in [-0.15, -0.1) is 22.7 Å².